The Labute approximate surface area is 161 Å². The molecule has 2 rings (SSSR count). The number of hydrogen-bond donors (Lipinski definition) is 1. The van der Waals surface area contributed by atoms with Crippen LogP contribution < -0.4 is 5.73 Å². The summed E-state index contributed by atoms with van der Waals surface area (Å²) in [5, 5.41) is 0. The average molecular weight is 352 g/mol. The topological polar surface area (TPSA) is 26.0 Å². The first-order valence-corrected chi connectivity index (χ1v) is 10.7. The Morgan fingerprint density at radius 2 is 0.962 bits per heavy atom. The SMILES string of the molecule is NCCCCCCCCCCC(Cc1ccccc1)Cc1ccccc1. The van der Waals surface area contributed by atoms with Crippen LogP contribution in [0.4, 0.5) is 0 Å². The molecule has 0 saturated carbocycles. The van der Waals surface area contributed by atoms with E-state index in [4.69, 9.17) is 5.73 Å². The zero-order chi connectivity index (χ0) is 18.3. The van der Waals surface area contributed by atoms with E-state index in [9.17, 15) is 0 Å². The van der Waals surface area contributed by atoms with Crippen LogP contribution in [0.5, 0.6) is 0 Å². The fourth-order valence-corrected chi connectivity index (χ4v) is 3.81. The molecule has 0 aromatic heterocycles. The Kier molecular flexibility index (Phi) is 10.8. The molecule has 0 atom stereocenters. The smallest absolute Gasteiger partial charge is 0.00773 e. The lowest BCUT2D eigenvalue weighted by atomic mass is 9.88. The van der Waals surface area contributed by atoms with E-state index in [1.54, 1.807) is 0 Å². The summed E-state index contributed by atoms with van der Waals surface area (Å²) in [6.45, 7) is 0.851. The van der Waals surface area contributed by atoms with Crippen molar-refractivity contribution in [3.63, 3.8) is 0 Å². The van der Waals surface area contributed by atoms with Crippen molar-refractivity contribution in [1.29, 1.82) is 0 Å². The van der Waals surface area contributed by atoms with Gasteiger partial charge in [-0.3, -0.25) is 0 Å². The largest absolute Gasteiger partial charge is 0.330 e. The maximum atomic E-state index is 5.55. The third kappa shape index (κ3) is 9.20. The molecule has 26 heavy (non-hydrogen) atoms. The summed E-state index contributed by atoms with van der Waals surface area (Å²) in [6.07, 6.45) is 14.6. The molecular formula is C25H37N. The Morgan fingerprint density at radius 3 is 1.42 bits per heavy atom. The van der Waals surface area contributed by atoms with Crippen LogP contribution in [0.1, 0.15) is 68.9 Å². The van der Waals surface area contributed by atoms with Gasteiger partial charge in [0.15, 0.2) is 0 Å². The van der Waals surface area contributed by atoms with Gasteiger partial charge < -0.3 is 5.73 Å². The van der Waals surface area contributed by atoms with E-state index in [0.717, 1.165) is 12.5 Å². The highest BCUT2D eigenvalue weighted by Crippen LogP contribution is 2.21. The highest BCUT2D eigenvalue weighted by atomic mass is 14.5. The Balaban J connectivity index is 1.70. The minimum Gasteiger partial charge on any atom is -0.330 e. The number of benzene rings is 2. The standard InChI is InChI=1S/C25H37N/c26-20-14-6-4-2-1-3-5-9-19-25(21-23-15-10-7-11-16-23)22-24-17-12-8-13-18-24/h7-8,10-13,15-18,25H,1-6,9,14,19-22,26H2. The van der Waals surface area contributed by atoms with Gasteiger partial charge >= 0.3 is 0 Å². The van der Waals surface area contributed by atoms with Crippen LogP contribution in [-0.4, -0.2) is 6.54 Å². The van der Waals surface area contributed by atoms with Crippen LogP contribution in [0.2, 0.25) is 0 Å². The Bertz CT molecular complexity index is 507. The Morgan fingerprint density at radius 1 is 0.538 bits per heavy atom. The van der Waals surface area contributed by atoms with Gasteiger partial charge in [-0.1, -0.05) is 106 Å². The monoisotopic (exact) mass is 351 g/mol. The third-order valence-corrected chi connectivity index (χ3v) is 5.30. The number of nitrogens with two attached hydrogens (primary N) is 1. The normalized spacial score (nSPS) is 11.2. The van der Waals surface area contributed by atoms with E-state index in [-0.39, 0.29) is 0 Å². The molecule has 0 heterocycles. The highest BCUT2D eigenvalue weighted by Gasteiger charge is 2.11. The van der Waals surface area contributed by atoms with Crippen LogP contribution in [0.15, 0.2) is 60.7 Å². The molecule has 0 aliphatic heterocycles. The molecule has 1 nitrogen and oxygen atoms in total. The van der Waals surface area contributed by atoms with Gasteiger partial charge in [-0.25, -0.2) is 0 Å². The zero-order valence-electron chi connectivity index (χ0n) is 16.4. The molecule has 0 aliphatic carbocycles. The summed E-state index contributed by atoms with van der Waals surface area (Å²) in [5.74, 6) is 0.754. The molecule has 2 N–H and O–H groups in total. The predicted molar refractivity (Wildman–Crippen MR) is 114 cm³/mol. The maximum absolute atomic E-state index is 5.55. The first-order chi connectivity index (χ1) is 12.9. The van der Waals surface area contributed by atoms with Gasteiger partial charge in [0.25, 0.3) is 0 Å². The second-order valence-electron chi connectivity index (χ2n) is 7.65. The fourth-order valence-electron chi connectivity index (χ4n) is 3.81. The lowest BCUT2D eigenvalue weighted by Gasteiger charge is -2.17. The van der Waals surface area contributed by atoms with Gasteiger partial charge in [0.2, 0.25) is 0 Å². The van der Waals surface area contributed by atoms with Crippen molar-refractivity contribution in [1.82, 2.24) is 0 Å². The highest BCUT2D eigenvalue weighted by molar-refractivity contribution is 5.18. The first-order valence-electron chi connectivity index (χ1n) is 10.7. The van der Waals surface area contributed by atoms with Crippen LogP contribution in [0.25, 0.3) is 0 Å². The molecule has 0 fully saturated rings. The van der Waals surface area contributed by atoms with Gasteiger partial charge in [-0.05, 0) is 49.3 Å². The minimum atomic E-state index is 0.754. The van der Waals surface area contributed by atoms with Crippen molar-refractivity contribution in [3.8, 4) is 0 Å². The maximum Gasteiger partial charge on any atom is -0.00773 e. The summed E-state index contributed by atoms with van der Waals surface area (Å²) in [5.41, 5.74) is 8.51. The lowest BCUT2D eigenvalue weighted by Crippen LogP contribution is -2.08. The summed E-state index contributed by atoms with van der Waals surface area (Å²) in [7, 11) is 0. The van der Waals surface area contributed by atoms with Crippen molar-refractivity contribution in [2.75, 3.05) is 6.54 Å². The van der Waals surface area contributed by atoms with Crippen molar-refractivity contribution in [2.45, 2.75) is 70.6 Å². The number of unbranched alkanes of at least 4 members (excludes halogenated alkanes) is 7. The molecule has 1 heteroatoms. The van der Waals surface area contributed by atoms with Crippen LogP contribution in [0, 0.1) is 5.92 Å². The predicted octanol–water partition coefficient (Wildman–Crippen LogP) is 6.56. The molecule has 2 aromatic rings. The minimum absolute atomic E-state index is 0.754. The van der Waals surface area contributed by atoms with Crippen LogP contribution in [-0.2, 0) is 12.8 Å². The van der Waals surface area contributed by atoms with Crippen molar-refractivity contribution in [2.24, 2.45) is 11.7 Å². The molecule has 0 radical (unpaired) electrons. The first kappa shape index (κ1) is 20.7. The second kappa shape index (κ2) is 13.6. The van der Waals surface area contributed by atoms with Gasteiger partial charge in [0.1, 0.15) is 0 Å². The number of rotatable bonds is 14. The molecular weight excluding hydrogens is 314 g/mol. The number of hydrogen-bond acceptors (Lipinski definition) is 1. The van der Waals surface area contributed by atoms with E-state index >= 15 is 0 Å². The molecule has 0 saturated heterocycles. The van der Waals surface area contributed by atoms with Gasteiger partial charge in [0.05, 0.1) is 0 Å². The van der Waals surface area contributed by atoms with E-state index in [1.807, 2.05) is 0 Å². The molecule has 0 spiro atoms. The van der Waals surface area contributed by atoms with Gasteiger partial charge in [-0.15, -0.1) is 0 Å². The second-order valence-corrected chi connectivity index (χ2v) is 7.65. The molecule has 0 aliphatic rings. The van der Waals surface area contributed by atoms with Gasteiger partial charge in [-0.2, -0.15) is 0 Å². The van der Waals surface area contributed by atoms with E-state index < -0.39 is 0 Å². The molecule has 0 amide bonds. The summed E-state index contributed by atoms with van der Waals surface area (Å²) < 4.78 is 0. The molecule has 142 valence electrons. The quantitative estimate of drug-likeness (QED) is 0.383. The summed E-state index contributed by atoms with van der Waals surface area (Å²) in [4.78, 5) is 0. The molecule has 0 bridgehead atoms. The average Bonchev–Trinajstić information content (AvgIpc) is 2.68. The van der Waals surface area contributed by atoms with E-state index in [1.165, 1.54) is 81.8 Å². The molecule has 0 unspecified atom stereocenters. The van der Waals surface area contributed by atoms with Crippen molar-refractivity contribution < 1.29 is 0 Å². The summed E-state index contributed by atoms with van der Waals surface area (Å²) in [6, 6.07) is 22.0. The van der Waals surface area contributed by atoms with Crippen molar-refractivity contribution >= 4 is 0 Å². The van der Waals surface area contributed by atoms with Gasteiger partial charge in [0, 0.05) is 0 Å². The zero-order valence-corrected chi connectivity index (χ0v) is 16.4. The fraction of sp³-hybridized carbons (Fsp3) is 0.520. The summed E-state index contributed by atoms with van der Waals surface area (Å²) >= 11 is 0. The van der Waals surface area contributed by atoms with E-state index in [0.29, 0.717) is 0 Å². The van der Waals surface area contributed by atoms with Crippen LogP contribution in [0.3, 0.4) is 0 Å². The van der Waals surface area contributed by atoms with Crippen molar-refractivity contribution in [3.05, 3.63) is 71.8 Å². The third-order valence-electron chi connectivity index (χ3n) is 5.30. The molecule has 2 aromatic carbocycles. The lowest BCUT2D eigenvalue weighted by molar-refractivity contribution is 0.444. The Hall–Kier alpha value is -1.60. The van der Waals surface area contributed by atoms with E-state index in [2.05, 4.69) is 60.7 Å². The van der Waals surface area contributed by atoms with Crippen LogP contribution >= 0.6 is 0 Å².